The first-order valence-corrected chi connectivity index (χ1v) is 10.2. The van der Waals surface area contributed by atoms with Crippen LogP contribution in [0.4, 0.5) is 0 Å². The summed E-state index contributed by atoms with van der Waals surface area (Å²) in [7, 11) is 0. The molecule has 0 unspecified atom stereocenters. The molecule has 0 saturated heterocycles. The molecule has 0 aromatic heterocycles. The van der Waals surface area contributed by atoms with Gasteiger partial charge in [0, 0.05) is 16.9 Å². The molecule has 2 heteroatoms. The van der Waals surface area contributed by atoms with Crippen LogP contribution in [-0.2, 0) is 11.8 Å². The highest BCUT2D eigenvalue weighted by Crippen LogP contribution is 2.67. The van der Waals surface area contributed by atoms with E-state index in [9.17, 15) is 5.11 Å². The summed E-state index contributed by atoms with van der Waals surface area (Å²) in [5.41, 5.74) is 6.67. The summed E-state index contributed by atoms with van der Waals surface area (Å²) in [5.74, 6) is 2.08. The second-order valence-electron chi connectivity index (χ2n) is 9.43. The highest BCUT2D eigenvalue weighted by Gasteiger charge is 2.64. The fourth-order valence-electron chi connectivity index (χ4n) is 6.85. The first-order valence-electron chi connectivity index (χ1n) is 10.2. The molecule has 2 saturated carbocycles. The van der Waals surface area contributed by atoms with E-state index < -0.39 is 0 Å². The zero-order valence-corrected chi connectivity index (χ0v) is 15.9. The average molecular weight is 338 g/mol. The molecule has 134 valence electrons. The van der Waals surface area contributed by atoms with Gasteiger partial charge in [-0.3, -0.25) is 0 Å². The Hall–Kier alpha value is -1.28. The monoisotopic (exact) mass is 337 g/mol. The lowest BCUT2D eigenvalue weighted by Crippen LogP contribution is -2.61. The molecule has 25 heavy (non-hydrogen) atoms. The average Bonchev–Trinajstić information content (AvgIpc) is 3.39. The van der Waals surface area contributed by atoms with Gasteiger partial charge in [0.15, 0.2) is 0 Å². The Labute approximate surface area is 151 Å². The van der Waals surface area contributed by atoms with Gasteiger partial charge in [-0.15, -0.1) is 0 Å². The molecule has 2 bridgehead atoms. The Morgan fingerprint density at radius 3 is 2.72 bits per heavy atom. The van der Waals surface area contributed by atoms with Crippen LogP contribution >= 0.6 is 0 Å². The van der Waals surface area contributed by atoms with E-state index >= 15 is 0 Å². The molecule has 0 heterocycles. The Morgan fingerprint density at radius 1 is 1.16 bits per heavy atom. The van der Waals surface area contributed by atoms with E-state index in [1.54, 1.807) is 11.1 Å². The minimum absolute atomic E-state index is 0.188. The Morgan fingerprint density at radius 2 is 1.96 bits per heavy atom. The summed E-state index contributed by atoms with van der Waals surface area (Å²) in [4.78, 5) is 0. The molecule has 2 N–H and O–H groups in total. The third-order valence-electron chi connectivity index (χ3n) is 8.49. The van der Waals surface area contributed by atoms with Gasteiger partial charge in [0.2, 0.25) is 0 Å². The predicted molar refractivity (Wildman–Crippen MR) is 102 cm³/mol. The number of nitrogens with one attached hydrogen (secondary N) is 1. The molecule has 1 aromatic rings. The van der Waals surface area contributed by atoms with E-state index in [1.165, 1.54) is 49.8 Å². The van der Waals surface area contributed by atoms with Gasteiger partial charge in [0.25, 0.3) is 0 Å². The van der Waals surface area contributed by atoms with E-state index in [-0.39, 0.29) is 10.8 Å². The number of aryl methyl sites for hydroxylation is 1. The smallest absolute Gasteiger partial charge is 0.115 e. The van der Waals surface area contributed by atoms with Crippen molar-refractivity contribution >= 4 is 0 Å². The maximum atomic E-state index is 9.97. The lowest BCUT2D eigenvalue weighted by Gasteiger charge is -2.59. The van der Waals surface area contributed by atoms with Crippen molar-refractivity contribution in [2.45, 2.75) is 70.8 Å². The predicted octanol–water partition coefficient (Wildman–Crippen LogP) is 4.71. The van der Waals surface area contributed by atoms with Crippen molar-refractivity contribution in [1.29, 1.82) is 0 Å². The van der Waals surface area contributed by atoms with Gasteiger partial charge in [0.05, 0.1) is 0 Å². The highest BCUT2D eigenvalue weighted by atomic mass is 16.3. The van der Waals surface area contributed by atoms with E-state index in [2.05, 4.69) is 32.2 Å². The molecule has 4 aliphatic carbocycles. The van der Waals surface area contributed by atoms with Crippen LogP contribution in [-0.4, -0.2) is 17.7 Å². The molecular weight excluding hydrogens is 306 g/mol. The minimum Gasteiger partial charge on any atom is -0.508 e. The molecule has 5 rings (SSSR count). The Kier molecular flexibility index (Phi) is 3.27. The number of hydrogen-bond acceptors (Lipinski definition) is 2. The first kappa shape index (κ1) is 15.9. The summed E-state index contributed by atoms with van der Waals surface area (Å²) in [6.45, 7) is 8.56. The van der Waals surface area contributed by atoms with Gasteiger partial charge in [-0.1, -0.05) is 24.1 Å². The first-order chi connectivity index (χ1) is 12.0. The molecule has 0 amide bonds. The van der Waals surface area contributed by atoms with Crippen LogP contribution in [0.25, 0.3) is 0 Å². The van der Waals surface area contributed by atoms with Crippen LogP contribution < -0.4 is 5.32 Å². The van der Waals surface area contributed by atoms with Crippen LogP contribution in [0.2, 0.25) is 0 Å². The number of fused-ring (bicyclic) bond motifs is 3. The lowest BCUT2D eigenvalue weighted by molar-refractivity contribution is 0.0382. The van der Waals surface area contributed by atoms with Crippen molar-refractivity contribution in [3.05, 3.63) is 40.5 Å². The zero-order chi connectivity index (χ0) is 17.4. The fourth-order valence-corrected chi connectivity index (χ4v) is 6.85. The molecule has 4 aliphatic rings. The quantitative estimate of drug-likeness (QED) is 0.783. The summed E-state index contributed by atoms with van der Waals surface area (Å²) < 4.78 is 0. The summed E-state index contributed by atoms with van der Waals surface area (Å²) in [6, 6.07) is 6.76. The lowest BCUT2D eigenvalue weighted by atomic mass is 9.46. The molecule has 0 aliphatic heterocycles. The van der Waals surface area contributed by atoms with Gasteiger partial charge < -0.3 is 10.4 Å². The molecule has 1 spiro atoms. The van der Waals surface area contributed by atoms with Crippen LogP contribution in [0.1, 0.15) is 64.0 Å². The van der Waals surface area contributed by atoms with Gasteiger partial charge in [0.1, 0.15) is 5.75 Å². The largest absolute Gasteiger partial charge is 0.508 e. The van der Waals surface area contributed by atoms with E-state index in [0.717, 1.165) is 18.3 Å². The topological polar surface area (TPSA) is 32.3 Å². The standard InChI is InChI=1S/C23H31NO/c1-14-15(2)23-11-8-17-12-18(25)6-7-20(17)22(23,3)10-9-19(14)21(23)24-13-16-4-5-16/h6-7,12,16,19,21,24-25H,4-5,8-11,13H2,1-3H3/t19-,21-,22+,23+/m1/s1. The number of benzene rings is 1. The molecule has 0 radical (unpaired) electrons. The van der Waals surface area contributed by atoms with Crippen molar-refractivity contribution in [2.75, 3.05) is 6.54 Å². The number of hydrogen-bond donors (Lipinski definition) is 2. The molecule has 1 aromatic carbocycles. The van der Waals surface area contributed by atoms with Crippen molar-refractivity contribution in [3.8, 4) is 5.75 Å². The number of aromatic hydroxyl groups is 1. The normalized spacial score (nSPS) is 39.3. The second-order valence-corrected chi connectivity index (χ2v) is 9.43. The number of phenolic OH excluding ortho intramolecular Hbond substituents is 1. The number of rotatable bonds is 3. The molecular formula is C23H31NO. The van der Waals surface area contributed by atoms with Gasteiger partial charge in [-0.2, -0.15) is 0 Å². The third kappa shape index (κ3) is 1.95. The summed E-state index contributed by atoms with van der Waals surface area (Å²) >= 11 is 0. The number of phenols is 1. The van der Waals surface area contributed by atoms with Crippen LogP contribution in [0.3, 0.4) is 0 Å². The Bertz CT molecular complexity index is 761. The maximum Gasteiger partial charge on any atom is 0.115 e. The van der Waals surface area contributed by atoms with Crippen LogP contribution in [0.15, 0.2) is 29.3 Å². The summed E-state index contributed by atoms with van der Waals surface area (Å²) in [6.07, 6.45) is 7.72. The van der Waals surface area contributed by atoms with Crippen molar-refractivity contribution < 1.29 is 5.11 Å². The SMILES string of the molecule is CC1=C(C)[C@]23CCc4cc(O)ccc4[C@]2(C)CC[C@H]1[C@H]3NCC1CC1. The fraction of sp³-hybridized carbons (Fsp3) is 0.652. The Balaban J connectivity index is 1.64. The van der Waals surface area contributed by atoms with E-state index in [1.807, 2.05) is 12.1 Å². The molecule has 2 fully saturated rings. The van der Waals surface area contributed by atoms with E-state index in [4.69, 9.17) is 0 Å². The van der Waals surface area contributed by atoms with Crippen LogP contribution in [0, 0.1) is 17.3 Å². The van der Waals surface area contributed by atoms with E-state index in [0.29, 0.717) is 11.8 Å². The van der Waals surface area contributed by atoms with Crippen molar-refractivity contribution in [2.24, 2.45) is 17.3 Å². The van der Waals surface area contributed by atoms with Gasteiger partial charge >= 0.3 is 0 Å². The van der Waals surface area contributed by atoms with Crippen molar-refractivity contribution in [1.82, 2.24) is 5.32 Å². The summed E-state index contributed by atoms with van der Waals surface area (Å²) in [5, 5.41) is 14.0. The van der Waals surface area contributed by atoms with Gasteiger partial charge in [-0.25, -0.2) is 0 Å². The van der Waals surface area contributed by atoms with Crippen molar-refractivity contribution in [3.63, 3.8) is 0 Å². The highest BCUT2D eigenvalue weighted by molar-refractivity contribution is 5.51. The van der Waals surface area contributed by atoms with Crippen LogP contribution in [0.5, 0.6) is 5.75 Å². The van der Waals surface area contributed by atoms with Gasteiger partial charge in [-0.05, 0) is 94.0 Å². The zero-order valence-electron chi connectivity index (χ0n) is 15.9. The molecule has 4 atom stereocenters. The maximum absolute atomic E-state index is 9.97. The molecule has 2 nitrogen and oxygen atoms in total. The third-order valence-corrected chi connectivity index (χ3v) is 8.49. The minimum atomic E-state index is 0.188. The second kappa shape index (κ2) is 5.13.